The van der Waals surface area contributed by atoms with Crippen LogP contribution >= 0.6 is 0 Å². The van der Waals surface area contributed by atoms with Crippen molar-refractivity contribution in [2.24, 2.45) is 5.84 Å². The molecule has 1 aliphatic heterocycles. The van der Waals surface area contributed by atoms with Crippen molar-refractivity contribution in [1.82, 2.24) is 5.43 Å². The van der Waals surface area contributed by atoms with Crippen molar-refractivity contribution in [2.45, 2.75) is 32.2 Å². The number of hydrogen-bond donors (Lipinski definition) is 2. The number of carbonyl (C=O) groups is 1. The van der Waals surface area contributed by atoms with Gasteiger partial charge in [-0.05, 0) is 32.4 Å². The van der Waals surface area contributed by atoms with E-state index in [1.807, 2.05) is 18.2 Å². The van der Waals surface area contributed by atoms with Crippen LogP contribution in [0.2, 0.25) is 0 Å². The van der Waals surface area contributed by atoms with Crippen LogP contribution in [0.1, 0.15) is 32.3 Å². The molecule has 1 heterocycles. The minimum atomic E-state index is -0.171. The van der Waals surface area contributed by atoms with Gasteiger partial charge in [-0.3, -0.25) is 10.2 Å². The molecule has 17 heavy (non-hydrogen) atoms. The standard InChI is InChI=1S/C13H19N3O/c1-13(2,3)16-8-10(12(17)15-14)9-6-4-5-7-11(9)16/h4-7,10H,8,14H2,1-3H3,(H,15,17). The highest BCUT2D eigenvalue weighted by atomic mass is 16.2. The number of nitrogens with one attached hydrogen (secondary N) is 1. The molecule has 1 aliphatic rings. The fraction of sp³-hybridized carbons (Fsp3) is 0.462. The molecular formula is C13H19N3O. The summed E-state index contributed by atoms with van der Waals surface area (Å²) in [5.41, 5.74) is 4.45. The molecule has 0 bridgehead atoms. The van der Waals surface area contributed by atoms with E-state index in [1.165, 1.54) is 0 Å². The molecular weight excluding hydrogens is 214 g/mol. The SMILES string of the molecule is CC(C)(C)N1CC(C(=O)NN)c2ccccc21. The molecule has 0 aromatic heterocycles. The Morgan fingerprint density at radius 1 is 1.41 bits per heavy atom. The van der Waals surface area contributed by atoms with Crippen molar-refractivity contribution >= 4 is 11.6 Å². The minimum absolute atomic E-state index is 0.000266. The first-order valence-corrected chi connectivity index (χ1v) is 5.82. The summed E-state index contributed by atoms with van der Waals surface area (Å²) >= 11 is 0. The van der Waals surface area contributed by atoms with Gasteiger partial charge in [-0.1, -0.05) is 18.2 Å². The lowest BCUT2D eigenvalue weighted by molar-refractivity contribution is -0.122. The van der Waals surface area contributed by atoms with Crippen molar-refractivity contribution in [3.05, 3.63) is 29.8 Å². The highest BCUT2D eigenvalue weighted by Crippen LogP contribution is 2.39. The zero-order valence-corrected chi connectivity index (χ0v) is 10.5. The van der Waals surface area contributed by atoms with Crippen LogP contribution in [-0.2, 0) is 4.79 Å². The third-order valence-electron chi connectivity index (χ3n) is 3.24. The molecule has 1 aromatic rings. The molecule has 4 heteroatoms. The quantitative estimate of drug-likeness (QED) is 0.437. The van der Waals surface area contributed by atoms with Crippen LogP contribution in [0, 0.1) is 0 Å². The number of rotatable bonds is 1. The van der Waals surface area contributed by atoms with Crippen molar-refractivity contribution in [1.29, 1.82) is 0 Å². The van der Waals surface area contributed by atoms with Crippen molar-refractivity contribution in [2.75, 3.05) is 11.4 Å². The second-order valence-corrected chi connectivity index (χ2v) is 5.40. The first-order chi connectivity index (χ1) is 7.95. The van der Waals surface area contributed by atoms with Crippen LogP contribution < -0.4 is 16.2 Å². The van der Waals surface area contributed by atoms with Gasteiger partial charge in [0.15, 0.2) is 0 Å². The topological polar surface area (TPSA) is 58.4 Å². The number of nitrogens with two attached hydrogens (primary N) is 1. The first kappa shape index (κ1) is 11.9. The smallest absolute Gasteiger partial charge is 0.243 e. The Bertz CT molecular complexity index is 437. The second-order valence-electron chi connectivity index (χ2n) is 5.40. The zero-order valence-electron chi connectivity index (χ0n) is 10.5. The van der Waals surface area contributed by atoms with Crippen LogP contribution in [0.3, 0.4) is 0 Å². The molecule has 1 amide bonds. The van der Waals surface area contributed by atoms with Gasteiger partial charge >= 0.3 is 0 Å². The van der Waals surface area contributed by atoms with Crippen molar-refractivity contribution in [3.63, 3.8) is 0 Å². The lowest BCUT2D eigenvalue weighted by Crippen LogP contribution is -2.43. The van der Waals surface area contributed by atoms with Crippen molar-refractivity contribution < 1.29 is 4.79 Å². The van der Waals surface area contributed by atoms with Crippen LogP contribution in [-0.4, -0.2) is 18.0 Å². The summed E-state index contributed by atoms with van der Waals surface area (Å²) in [6, 6.07) is 8.02. The maximum Gasteiger partial charge on any atom is 0.243 e. The molecule has 0 fully saturated rings. The van der Waals surface area contributed by atoms with E-state index in [9.17, 15) is 4.79 Å². The largest absolute Gasteiger partial charge is 0.365 e. The number of benzene rings is 1. The molecule has 0 radical (unpaired) electrons. The van der Waals surface area contributed by atoms with Gasteiger partial charge in [-0.2, -0.15) is 0 Å². The molecule has 0 aliphatic carbocycles. The summed E-state index contributed by atoms with van der Waals surface area (Å²) in [5.74, 6) is 4.95. The fourth-order valence-electron chi connectivity index (χ4n) is 2.37. The number of anilines is 1. The van der Waals surface area contributed by atoms with Gasteiger partial charge in [-0.15, -0.1) is 0 Å². The lowest BCUT2D eigenvalue weighted by atomic mass is 10.0. The summed E-state index contributed by atoms with van der Waals surface area (Å²) in [6.45, 7) is 7.12. The fourth-order valence-corrected chi connectivity index (χ4v) is 2.37. The Hall–Kier alpha value is -1.55. The molecule has 0 spiro atoms. The monoisotopic (exact) mass is 233 g/mol. The average molecular weight is 233 g/mol. The minimum Gasteiger partial charge on any atom is -0.365 e. The van der Waals surface area contributed by atoms with E-state index in [1.54, 1.807) is 0 Å². The number of hydrogen-bond acceptors (Lipinski definition) is 3. The van der Waals surface area contributed by atoms with Gasteiger partial charge in [0.2, 0.25) is 5.91 Å². The van der Waals surface area contributed by atoms with Gasteiger partial charge < -0.3 is 4.90 Å². The number of hydrazine groups is 1. The van der Waals surface area contributed by atoms with Crippen LogP contribution in [0.4, 0.5) is 5.69 Å². The summed E-state index contributed by atoms with van der Waals surface area (Å²) in [6.07, 6.45) is 0. The van der Waals surface area contributed by atoms with E-state index in [0.29, 0.717) is 6.54 Å². The Morgan fingerprint density at radius 3 is 2.65 bits per heavy atom. The number of para-hydroxylation sites is 1. The lowest BCUT2D eigenvalue weighted by Gasteiger charge is -2.34. The summed E-state index contributed by atoms with van der Waals surface area (Å²) in [5, 5.41) is 0. The molecule has 2 rings (SSSR count). The summed E-state index contributed by atoms with van der Waals surface area (Å²) in [7, 11) is 0. The number of amides is 1. The maximum atomic E-state index is 11.8. The third kappa shape index (κ3) is 2.00. The Kier molecular flexibility index (Phi) is 2.83. The summed E-state index contributed by atoms with van der Waals surface area (Å²) in [4.78, 5) is 14.0. The second kappa shape index (κ2) is 4.04. The zero-order chi connectivity index (χ0) is 12.6. The van der Waals surface area contributed by atoms with Crippen molar-refractivity contribution in [3.8, 4) is 0 Å². The van der Waals surface area contributed by atoms with E-state index in [-0.39, 0.29) is 17.4 Å². The molecule has 0 saturated heterocycles. The third-order valence-corrected chi connectivity index (χ3v) is 3.24. The molecule has 1 unspecified atom stereocenters. The number of nitrogens with zero attached hydrogens (tertiary/aromatic N) is 1. The molecule has 3 N–H and O–H groups in total. The van der Waals surface area contributed by atoms with Crippen LogP contribution in [0.5, 0.6) is 0 Å². The van der Waals surface area contributed by atoms with E-state index in [4.69, 9.17) is 5.84 Å². The van der Waals surface area contributed by atoms with E-state index >= 15 is 0 Å². The molecule has 1 atom stereocenters. The van der Waals surface area contributed by atoms with E-state index < -0.39 is 0 Å². The predicted molar refractivity (Wildman–Crippen MR) is 68.6 cm³/mol. The number of carbonyl (C=O) groups excluding carboxylic acids is 1. The highest BCUT2D eigenvalue weighted by molar-refractivity contribution is 5.88. The maximum absolute atomic E-state index is 11.8. The van der Waals surface area contributed by atoms with E-state index in [0.717, 1.165) is 11.3 Å². The first-order valence-electron chi connectivity index (χ1n) is 5.82. The Labute approximate surface area is 102 Å². The van der Waals surface area contributed by atoms with E-state index in [2.05, 4.69) is 37.2 Å². The van der Waals surface area contributed by atoms with Gasteiger partial charge in [0, 0.05) is 17.8 Å². The molecule has 0 saturated carbocycles. The Balaban J connectivity index is 2.43. The van der Waals surface area contributed by atoms with Gasteiger partial charge in [0.05, 0.1) is 5.92 Å². The number of fused-ring (bicyclic) bond motifs is 1. The molecule has 92 valence electrons. The van der Waals surface area contributed by atoms with Gasteiger partial charge in [0.1, 0.15) is 0 Å². The predicted octanol–water partition coefficient (Wildman–Crippen LogP) is 1.38. The van der Waals surface area contributed by atoms with Gasteiger partial charge in [-0.25, -0.2) is 5.84 Å². The van der Waals surface area contributed by atoms with Crippen LogP contribution in [0.15, 0.2) is 24.3 Å². The molecule has 4 nitrogen and oxygen atoms in total. The van der Waals surface area contributed by atoms with Gasteiger partial charge in [0.25, 0.3) is 0 Å². The average Bonchev–Trinajstić information content (AvgIpc) is 2.67. The van der Waals surface area contributed by atoms with Crippen LogP contribution in [0.25, 0.3) is 0 Å². The Morgan fingerprint density at radius 2 is 2.06 bits per heavy atom. The highest BCUT2D eigenvalue weighted by Gasteiger charge is 2.37. The normalized spacial score (nSPS) is 19.1. The summed E-state index contributed by atoms with van der Waals surface area (Å²) < 4.78 is 0. The molecule has 1 aromatic carbocycles.